The highest BCUT2D eigenvalue weighted by atomic mass is 16.5. The number of ether oxygens (including phenoxy) is 2. The summed E-state index contributed by atoms with van der Waals surface area (Å²) in [7, 11) is 0. The number of amides is 2. The van der Waals surface area contributed by atoms with Crippen LogP contribution in [0.5, 0.6) is 0 Å². The highest BCUT2D eigenvalue weighted by Crippen LogP contribution is 2.26. The molecule has 0 unspecified atom stereocenters. The van der Waals surface area contributed by atoms with E-state index in [1.807, 2.05) is 32.0 Å². The van der Waals surface area contributed by atoms with Crippen molar-refractivity contribution in [3.05, 3.63) is 59.2 Å². The first-order valence-corrected chi connectivity index (χ1v) is 10.4. The molecule has 8 nitrogen and oxygen atoms in total. The average molecular weight is 438 g/mol. The largest absolute Gasteiger partial charge is 0.462 e. The van der Waals surface area contributed by atoms with Crippen molar-refractivity contribution in [3.8, 4) is 0 Å². The molecule has 3 rings (SSSR count). The van der Waals surface area contributed by atoms with Crippen molar-refractivity contribution in [3.63, 3.8) is 0 Å². The van der Waals surface area contributed by atoms with Gasteiger partial charge in [0, 0.05) is 24.3 Å². The maximum absolute atomic E-state index is 12.4. The van der Waals surface area contributed by atoms with E-state index in [4.69, 9.17) is 9.47 Å². The molecule has 32 heavy (non-hydrogen) atoms. The fourth-order valence-electron chi connectivity index (χ4n) is 3.42. The highest BCUT2D eigenvalue weighted by Gasteiger charge is 2.36. The van der Waals surface area contributed by atoms with Gasteiger partial charge in [-0.3, -0.25) is 14.4 Å². The third-order valence-corrected chi connectivity index (χ3v) is 5.16. The number of aryl methyl sites for hydroxylation is 2. The third kappa shape index (κ3) is 5.51. The van der Waals surface area contributed by atoms with Crippen LogP contribution in [-0.2, 0) is 23.9 Å². The highest BCUT2D eigenvalue weighted by molar-refractivity contribution is 6.00. The van der Waals surface area contributed by atoms with Crippen LogP contribution < -0.4 is 10.2 Å². The van der Waals surface area contributed by atoms with Crippen LogP contribution in [0.1, 0.15) is 34.8 Å². The number of esters is 2. The van der Waals surface area contributed by atoms with E-state index in [-0.39, 0.29) is 25.5 Å². The fraction of sp³-hybridized carbons (Fsp3) is 0.333. The van der Waals surface area contributed by atoms with Crippen molar-refractivity contribution in [2.45, 2.75) is 27.2 Å². The van der Waals surface area contributed by atoms with Crippen molar-refractivity contribution < 1.29 is 28.7 Å². The molecule has 1 N–H and O–H groups in total. The van der Waals surface area contributed by atoms with Crippen LogP contribution in [0, 0.1) is 19.8 Å². The number of carbonyl (C=O) groups excluding carboxylic acids is 4. The summed E-state index contributed by atoms with van der Waals surface area (Å²) < 4.78 is 10.1. The Hall–Kier alpha value is -3.68. The lowest BCUT2D eigenvalue weighted by Crippen LogP contribution is -2.28. The van der Waals surface area contributed by atoms with E-state index in [1.165, 1.54) is 4.90 Å². The van der Waals surface area contributed by atoms with E-state index in [2.05, 4.69) is 5.32 Å². The molecule has 2 aromatic rings. The molecule has 1 fully saturated rings. The molecule has 2 aromatic carbocycles. The average Bonchev–Trinajstić information content (AvgIpc) is 3.16. The van der Waals surface area contributed by atoms with Crippen molar-refractivity contribution in [2.24, 2.45) is 5.92 Å². The molecule has 1 aliphatic heterocycles. The second-order valence-corrected chi connectivity index (χ2v) is 7.65. The summed E-state index contributed by atoms with van der Waals surface area (Å²) in [4.78, 5) is 50.2. The maximum Gasteiger partial charge on any atom is 0.338 e. The van der Waals surface area contributed by atoms with E-state index < -0.39 is 30.4 Å². The summed E-state index contributed by atoms with van der Waals surface area (Å²) in [6.07, 6.45) is -0.00291. The lowest BCUT2D eigenvalue weighted by Gasteiger charge is -2.17. The lowest BCUT2D eigenvalue weighted by atomic mass is 10.1. The van der Waals surface area contributed by atoms with Gasteiger partial charge < -0.3 is 19.7 Å². The van der Waals surface area contributed by atoms with Crippen LogP contribution in [0.3, 0.4) is 0 Å². The minimum absolute atomic E-state index is 0.00291. The van der Waals surface area contributed by atoms with Gasteiger partial charge in [0.2, 0.25) is 5.91 Å². The van der Waals surface area contributed by atoms with Crippen LogP contribution in [0.4, 0.5) is 11.4 Å². The standard InChI is InChI=1S/C24H26N2O6/c1-4-31-23(29)17-7-9-19(10-8-17)26-13-18(12-22(26)28)24(30)32-14-21(27)25-20-11-15(2)5-6-16(20)3/h5-11,18H,4,12-14H2,1-3H3,(H,25,27)/t18-/m0/s1. The minimum Gasteiger partial charge on any atom is -0.462 e. The predicted octanol–water partition coefficient (Wildman–Crippen LogP) is 3.01. The Labute approximate surface area is 186 Å². The third-order valence-electron chi connectivity index (χ3n) is 5.16. The van der Waals surface area contributed by atoms with E-state index in [1.54, 1.807) is 31.2 Å². The molecule has 0 bridgehead atoms. The van der Waals surface area contributed by atoms with Crippen LogP contribution in [0.25, 0.3) is 0 Å². The van der Waals surface area contributed by atoms with Gasteiger partial charge in [-0.15, -0.1) is 0 Å². The van der Waals surface area contributed by atoms with Crippen molar-refractivity contribution in [1.29, 1.82) is 0 Å². The van der Waals surface area contributed by atoms with Gasteiger partial charge >= 0.3 is 11.9 Å². The van der Waals surface area contributed by atoms with Crippen LogP contribution >= 0.6 is 0 Å². The van der Waals surface area contributed by atoms with Crippen molar-refractivity contribution >= 4 is 35.1 Å². The number of hydrogen-bond donors (Lipinski definition) is 1. The Balaban J connectivity index is 1.54. The zero-order valence-electron chi connectivity index (χ0n) is 18.3. The number of rotatable bonds is 7. The van der Waals surface area contributed by atoms with Gasteiger partial charge in [-0.1, -0.05) is 12.1 Å². The van der Waals surface area contributed by atoms with Gasteiger partial charge in [0.25, 0.3) is 5.91 Å². The second-order valence-electron chi connectivity index (χ2n) is 7.65. The van der Waals surface area contributed by atoms with Gasteiger partial charge in [-0.2, -0.15) is 0 Å². The summed E-state index contributed by atoms with van der Waals surface area (Å²) in [5, 5.41) is 2.73. The monoisotopic (exact) mass is 438 g/mol. The Morgan fingerprint density at radius 2 is 1.78 bits per heavy atom. The molecule has 2 amide bonds. The molecule has 1 heterocycles. The van der Waals surface area contributed by atoms with Gasteiger partial charge in [-0.25, -0.2) is 4.79 Å². The summed E-state index contributed by atoms with van der Waals surface area (Å²) >= 11 is 0. The molecule has 0 saturated carbocycles. The number of hydrogen-bond acceptors (Lipinski definition) is 6. The molecule has 168 valence electrons. The Morgan fingerprint density at radius 3 is 2.47 bits per heavy atom. The first kappa shape index (κ1) is 23.0. The molecule has 0 aromatic heterocycles. The Morgan fingerprint density at radius 1 is 1.06 bits per heavy atom. The number of nitrogens with one attached hydrogen (secondary N) is 1. The molecule has 1 saturated heterocycles. The molecular weight excluding hydrogens is 412 g/mol. The smallest absolute Gasteiger partial charge is 0.338 e. The SMILES string of the molecule is CCOC(=O)c1ccc(N2C[C@@H](C(=O)OCC(=O)Nc3cc(C)ccc3C)CC2=O)cc1. The molecule has 0 aliphatic carbocycles. The zero-order chi connectivity index (χ0) is 23.3. The lowest BCUT2D eigenvalue weighted by molar-refractivity contribution is -0.151. The minimum atomic E-state index is -0.666. The number of benzene rings is 2. The van der Waals surface area contributed by atoms with Crippen molar-refractivity contribution in [1.82, 2.24) is 0 Å². The van der Waals surface area contributed by atoms with Gasteiger partial charge in [0.05, 0.1) is 18.1 Å². The second kappa shape index (κ2) is 10.1. The normalized spacial score (nSPS) is 15.4. The Bertz CT molecular complexity index is 1030. The molecule has 0 spiro atoms. The molecule has 0 radical (unpaired) electrons. The molecule has 1 atom stereocenters. The predicted molar refractivity (Wildman–Crippen MR) is 118 cm³/mol. The summed E-state index contributed by atoms with van der Waals surface area (Å²) in [6.45, 7) is 5.51. The molecule has 8 heteroatoms. The fourth-order valence-corrected chi connectivity index (χ4v) is 3.42. The van der Waals surface area contributed by atoms with Crippen molar-refractivity contribution in [2.75, 3.05) is 30.0 Å². The summed E-state index contributed by atoms with van der Waals surface area (Å²) in [5.41, 5.74) is 3.53. The Kier molecular flexibility index (Phi) is 7.25. The first-order chi connectivity index (χ1) is 15.3. The van der Waals surface area contributed by atoms with Gasteiger partial charge in [0.15, 0.2) is 6.61 Å². The van der Waals surface area contributed by atoms with E-state index in [0.717, 1.165) is 11.1 Å². The van der Waals surface area contributed by atoms with Crippen LogP contribution in [0.2, 0.25) is 0 Å². The van der Waals surface area contributed by atoms with Crippen LogP contribution in [-0.4, -0.2) is 43.5 Å². The summed E-state index contributed by atoms with van der Waals surface area (Å²) in [5.74, 6) is -2.37. The van der Waals surface area contributed by atoms with E-state index in [0.29, 0.717) is 16.9 Å². The molecular formula is C24H26N2O6. The topological polar surface area (TPSA) is 102 Å². The zero-order valence-corrected chi connectivity index (χ0v) is 18.3. The quantitative estimate of drug-likeness (QED) is 0.667. The number of nitrogens with zero attached hydrogens (tertiary/aromatic N) is 1. The number of anilines is 2. The number of carbonyl (C=O) groups is 4. The van der Waals surface area contributed by atoms with E-state index >= 15 is 0 Å². The maximum atomic E-state index is 12.4. The van der Waals surface area contributed by atoms with E-state index in [9.17, 15) is 19.2 Å². The molecule has 1 aliphatic rings. The van der Waals surface area contributed by atoms with Gasteiger partial charge in [0.1, 0.15) is 0 Å². The van der Waals surface area contributed by atoms with Crippen LogP contribution in [0.15, 0.2) is 42.5 Å². The summed E-state index contributed by atoms with van der Waals surface area (Å²) in [6, 6.07) is 12.1. The first-order valence-electron chi connectivity index (χ1n) is 10.4. The van der Waals surface area contributed by atoms with Gasteiger partial charge in [-0.05, 0) is 62.2 Å².